The van der Waals surface area contributed by atoms with E-state index in [0.29, 0.717) is 0 Å². The lowest BCUT2D eigenvalue weighted by atomic mass is 10.00. The molecule has 0 aliphatic heterocycles. The number of benzene rings is 5. The molecule has 8 rings (SSSR count). The topological polar surface area (TPSA) is 38.9 Å². The van der Waals surface area contributed by atoms with Crippen LogP contribution in [0.4, 0.5) is 0 Å². The number of nitrogens with zero attached hydrogens (tertiary/aromatic N) is 2. The fourth-order valence-electron chi connectivity index (χ4n) is 5.53. The van der Waals surface area contributed by atoms with Crippen molar-refractivity contribution >= 4 is 54.4 Å². The molecule has 0 spiro atoms. The number of rotatable bonds is 2. The summed E-state index contributed by atoms with van der Waals surface area (Å²) < 4.78 is 6.18. The Hall–Kier alpha value is -5.02. The molecule has 0 unspecified atom stereocenters. The van der Waals surface area contributed by atoms with E-state index in [1.165, 1.54) is 16.2 Å². The van der Waals surface area contributed by atoms with Crippen molar-refractivity contribution in [3.8, 4) is 22.5 Å². The summed E-state index contributed by atoms with van der Waals surface area (Å²) in [7, 11) is 0. The summed E-state index contributed by atoms with van der Waals surface area (Å²) in [6, 6.07) is 39.9. The third-order valence-electron chi connectivity index (χ3n) is 7.31. The highest BCUT2D eigenvalue weighted by atomic mass is 16.3. The van der Waals surface area contributed by atoms with E-state index >= 15 is 0 Å². The van der Waals surface area contributed by atoms with Crippen molar-refractivity contribution in [2.75, 3.05) is 0 Å². The average Bonchev–Trinajstić information content (AvgIpc) is 3.35. The second-order valence-electron chi connectivity index (χ2n) is 9.43. The van der Waals surface area contributed by atoms with Crippen LogP contribution < -0.4 is 0 Å². The Morgan fingerprint density at radius 1 is 0.514 bits per heavy atom. The molecule has 0 atom stereocenters. The molecule has 0 fully saturated rings. The van der Waals surface area contributed by atoms with Crippen LogP contribution in [0.3, 0.4) is 0 Å². The smallest absolute Gasteiger partial charge is 0.136 e. The Morgan fingerprint density at radius 3 is 2.11 bits per heavy atom. The van der Waals surface area contributed by atoms with Gasteiger partial charge in [0.2, 0.25) is 0 Å². The van der Waals surface area contributed by atoms with Gasteiger partial charge in [-0.1, -0.05) is 84.9 Å². The summed E-state index contributed by atoms with van der Waals surface area (Å²) in [5, 5.41) is 8.16. The second-order valence-corrected chi connectivity index (χ2v) is 9.43. The zero-order valence-corrected chi connectivity index (χ0v) is 19.8. The van der Waals surface area contributed by atoms with Gasteiger partial charge in [-0.25, -0.2) is 4.98 Å². The van der Waals surface area contributed by atoms with Gasteiger partial charge in [0.1, 0.15) is 11.2 Å². The second kappa shape index (κ2) is 7.74. The molecule has 0 saturated carbocycles. The van der Waals surface area contributed by atoms with Crippen LogP contribution in [0.25, 0.3) is 76.9 Å². The number of para-hydroxylation sites is 1. The van der Waals surface area contributed by atoms with E-state index in [1.807, 2.05) is 12.3 Å². The molecule has 3 heterocycles. The van der Waals surface area contributed by atoms with Crippen molar-refractivity contribution in [1.82, 2.24) is 9.97 Å². The molecular weight excluding hydrogens is 452 g/mol. The molecule has 3 aromatic heterocycles. The van der Waals surface area contributed by atoms with Gasteiger partial charge in [0.15, 0.2) is 0 Å². The van der Waals surface area contributed by atoms with E-state index in [-0.39, 0.29) is 0 Å². The lowest BCUT2D eigenvalue weighted by Crippen LogP contribution is -1.92. The maximum Gasteiger partial charge on any atom is 0.136 e. The first kappa shape index (κ1) is 20.2. The lowest BCUT2D eigenvalue weighted by molar-refractivity contribution is 0.669. The van der Waals surface area contributed by atoms with Crippen LogP contribution in [0.5, 0.6) is 0 Å². The SMILES string of the molecule is c1ccc2c(c1)ccc1oc3ccc(-c4ccc(-c5nc6ccccc6c6ccccc56)nc4)cc3c12. The molecule has 8 aromatic rings. The van der Waals surface area contributed by atoms with Crippen LogP contribution in [0.2, 0.25) is 0 Å². The van der Waals surface area contributed by atoms with E-state index in [1.54, 1.807) is 0 Å². The van der Waals surface area contributed by atoms with Gasteiger partial charge in [0.25, 0.3) is 0 Å². The molecule has 3 nitrogen and oxygen atoms in total. The number of pyridine rings is 2. The summed E-state index contributed by atoms with van der Waals surface area (Å²) in [5.74, 6) is 0. The zero-order valence-electron chi connectivity index (χ0n) is 19.8. The summed E-state index contributed by atoms with van der Waals surface area (Å²) in [5.41, 5.74) is 6.73. The molecule has 5 aromatic carbocycles. The molecule has 0 amide bonds. The van der Waals surface area contributed by atoms with Gasteiger partial charge in [-0.3, -0.25) is 4.98 Å². The van der Waals surface area contributed by atoms with Crippen molar-refractivity contribution in [2.24, 2.45) is 0 Å². The van der Waals surface area contributed by atoms with Crippen molar-refractivity contribution in [1.29, 1.82) is 0 Å². The molecule has 0 bridgehead atoms. The number of fused-ring (bicyclic) bond motifs is 8. The van der Waals surface area contributed by atoms with E-state index in [9.17, 15) is 0 Å². The number of hydrogen-bond donors (Lipinski definition) is 0. The van der Waals surface area contributed by atoms with Crippen LogP contribution >= 0.6 is 0 Å². The first-order valence-electron chi connectivity index (χ1n) is 12.4. The number of hydrogen-bond acceptors (Lipinski definition) is 3. The predicted octanol–water partition coefficient (Wildman–Crippen LogP) is 9.17. The molecule has 172 valence electrons. The van der Waals surface area contributed by atoms with Crippen molar-refractivity contribution in [2.45, 2.75) is 0 Å². The van der Waals surface area contributed by atoms with Gasteiger partial charge in [-0.05, 0) is 52.1 Å². The van der Waals surface area contributed by atoms with Gasteiger partial charge in [-0.2, -0.15) is 0 Å². The Balaban J connectivity index is 1.28. The van der Waals surface area contributed by atoms with Gasteiger partial charge in [0.05, 0.1) is 16.9 Å². The molecule has 3 heteroatoms. The van der Waals surface area contributed by atoms with Crippen molar-refractivity contribution in [3.63, 3.8) is 0 Å². The van der Waals surface area contributed by atoms with Gasteiger partial charge >= 0.3 is 0 Å². The summed E-state index contributed by atoms with van der Waals surface area (Å²) in [4.78, 5) is 9.87. The van der Waals surface area contributed by atoms with Gasteiger partial charge < -0.3 is 4.42 Å². The minimum absolute atomic E-state index is 0.867. The maximum atomic E-state index is 6.18. The van der Waals surface area contributed by atoms with Crippen LogP contribution in [0.15, 0.2) is 126 Å². The molecule has 0 saturated heterocycles. The quantitative estimate of drug-likeness (QED) is 0.235. The highest BCUT2D eigenvalue weighted by molar-refractivity contribution is 6.19. The van der Waals surface area contributed by atoms with E-state index in [2.05, 4.69) is 109 Å². The van der Waals surface area contributed by atoms with E-state index < -0.39 is 0 Å². The normalized spacial score (nSPS) is 11.8. The minimum Gasteiger partial charge on any atom is -0.456 e. The summed E-state index contributed by atoms with van der Waals surface area (Å²) in [6.07, 6.45) is 1.95. The van der Waals surface area contributed by atoms with Crippen LogP contribution in [-0.2, 0) is 0 Å². The van der Waals surface area contributed by atoms with Gasteiger partial charge in [-0.15, -0.1) is 0 Å². The van der Waals surface area contributed by atoms with Crippen molar-refractivity contribution < 1.29 is 4.42 Å². The third kappa shape index (κ3) is 3.08. The molecule has 37 heavy (non-hydrogen) atoms. The fraction of sp³-hybridized carbons (Fsp3) is 0. The maximum absolute atomic E-state index is 6.18. The third-order valence-corrected chi connectivity index (χ3v) is 7.31. The zero-order chi connectivity index (χ0) is 24.3. The molecule has 0 N–H and O–H groups in total. The Morgan fingerprint density at radius 2 is 1.24 bits per heavy atom. The number of furan rings is 1. The number of aromatic nitrogens is 2. The van der Waals surface area contributed by atoms with Crippen LogP contribution in [0.1, 0.15) is 0 Å². The summed E-state index contributed by atoms with van der Waals surface area (Å²) >= 11 is 0. The van der Waals surface area contributed by atoms with Crippen LogP contribution in [-0.4, -0.2) is 9.97 Å². The Kier molecular flexibility index (Phi) is 4.23. The molecule has 0 aliphatic rings. The van der Waals surface area contributed by atoms with Gasteiger partial charge in [0, 0.05) is 33.3 Å². The standard InChI is InChI=1S/C34H20N2O/c1-2-8-24-21(7-1)14-18-32-33(24)28-19-22(15-17-31(28)37-32)23-13-16-30(35-20-23)34-27-11-4-3-9-25(27)26-10-5-6-12-29(26)36-34/h1-20H. The Bertz CT molecular complexity index is 2140. The predicted molar refractivity (Wildman–Crippen MR) is 153 cm³/mol. The fourth-order valence-corrected chi connectivity index (χ4v) is 5.53. The lowest BCUT2D eigenvalue weighted by Gasteiger charge is -2.10. The first-order valence-corrected chi connectivity index (χ1v) is 12.4. The largest absolute Gasteiger partial charge is 0.456 e. The van der Waals surface area contributed by atoms with E-state index in [4.69, 9.17) is 14.4 Å². The minimum atomic E-state index is 0.867. The summed E-state index contributed by atoms with van der Waals surface area (Å²) in [6.45, 7) is 0. The molecule has 0 radical (unpaired) electrons. The molecular formula is C34H20N2O. The average molecular weight is 473 g/mol. The van der Waals surface area contributed by atoms with Crippen molar-refractivity contribution in [3.05, 3.63) is 121 Å². The van der Waals surface area contributed by atoms with E-state index in [0.717, 1.165) is 60.7 Å². The monoisotopic (exact) mass is 472 g/mol. The Labute approximate surface area is 212 Å². The highest BCUT2D eigenvalue weighted by Gasteiger charge is 2.14. The first-order chi connectivity index (χ1) is 18.3. The van der Waals surface area contributed by atoms with Crippen LogP contribution in [0, 0.1) is 0 Å². The highest BCUT2D eigenvalue weighted by Crippen LogP contribution is 2.37. The molecule has 0 aliphatic carbocycles.